The molecule has 40 heavy (non-hydrogen) atoms. The fraction of sp³-hybridized carbons (Fsp3) is 0.438. The van der Waals surface area contributed by atoms with Crippen LogP contribution in [0.5, 0.6) is 0 Å². The first kappa shape index (κ1) is 27.6. The minimum Gasteiger partial charge on any atom is -0.347 e. The molecule has 2 aliphatic rings. The highest BCUT2D eigenvalue weighted by Gasteiger charge is 2.32. The van der Waals surface area contributed by atoms with E-state index in [1.54, 1.807) is 17.9 Å². The number of nitrogens with one attached hydrogen (secondary N) is 2. The number of amides is 3. The van der Waals surface area contributed by atoms with Crippen molar-refractivity contribution < 1.29 is 14.4 Å². The molecular formula is C32H39N5O3. The molecule has 1 aromatic carbocycles. The molecule has 0 spiro atoms. The van der Waals surface area contributed by atoms with Crippen LogP contribution in [0.25, 0.3) is 11.1 Å². The van der Waals surface area contributed by atoms with Gasteiger partial charge in [-0.2, -0.15) is 0 Å². The maximum Gasteiger partial charge on any atom is 0.253 e. The van der Waals surface area contributed by atoms with Crippen molar-refractivity contribution in [2.45, 2.75) is 78.4 Å². The van der Waals surface area contributed by atoms with Crippen LogP contribution in [-0.2, 0) is 22.7 Å². The molecule has 210 valence electrons. The lowest BCUT2D eigenvalue weighted by Gasteiger charge is -2.29. The molecule has 1 saturated carbocycles. The molecule has 2 N–H and O–H groups in total. The first-order chi connectivity index (χ1) is 19.3. The summed E-state index contributed by atoms with van der Waals surface area (Å²) in [5, 5.41) is 6.18. The van der Waals surface area contributed by atoms with Crippen LogP contribution in [-0.4, -0.2) is 44.8 Å². The molecule has 0 bridgehead atoms. The Bertz CT molecular complexity index is 1370. The molecule has 3 aromatic rings. The third-order valence-corrected chi connectivity index (χ3v) is 8.45. The molecule has 1 aliphatic carbocycles. The normalized spacial score (nSPS) is 16.5. The highest BCUT2D eigenvalue weighted by atomic mass is 16.2. The van der Waals surface area contributed by atoms with Crippen LogP contribution in [0.2, 0.25) is 0 Å². The largest absolute Gasteiger partial charge is 0.347 e. The summed E-state index contributed by atoms with van der Waals surface area (Å²) in [5.74, 6) is -0.394. The Balaban J connectivity index is 1.35. The van der Waals surface area contributed by atoms with Crippen LogP contribution >= 0.6 is 0 Å². The molecule has 1 fully saturated rings. The third kappa shape index (κ3) is 5.96. The SMILES string of the molecule is CC(=O)N1CCn2ccc(C(=O)N[C@H](C(=O)Nc3ccc(-c4c(C)ccnc4C)cc3)C3CCCCCC3)c2C1. The number of anilines is 1. The van der Waals surface area contributed by atoms with Gasteiger partial charge in [0.15, 0.2) is 0 Å². The number of pyridine rings is 1. The highest BCUT2D eigenvalue weighted by Crippen LogP contribution is 2.29. The summed E-state index contributed by atoms with van der Waals surface area (Å²) >= 11 is 0. The number of hydrogen-bond acceptors (Lipinski definition) is 4. The van der Waals surface area contributed by atoms with Crippen LogP contribution in [0.4, 0.5) is 5.69 Å². The Hall–Kier alpha value is -3.94. The summed E-state index contributed by atoms with van der Waals surface area (Å²) in [6.45, 7) is 7.30. The van der Waals surface area contributed by atoms with E-state index in [2.05, 4.69) is 22.5 Å². The molecule has 3 amide bonds. The van der Waals surface area contributed by atoms with E-state index in [1.807, 2.05) is 54.2 Å². The zero-order valence-electron chi connectivity index (χ0n) is 23.7. The molecule has 1 atom stereocenters. The molecule has 8 nitrogen and oxygen atoms in total. The van der Waals surface area contributed by atoms with Crippen LogP contribution in [0.1, 0.15) is 72.8 Å². The number of aryl methyl sites for hydroxylation is 2. The van der Waals surface area contributed by atoms with E-state index in [0.29, 0.717) is 30.9 Å². The number of benzene rings is 1. The second-order valence-electron chi connectivity index (χ2n) is 11.2. The van der Waals surface area contributed by atoms with Crippen molar-refractivity contribution in [1.29, 1.82) is 0 Å². The van der Waals surface area contributed by atoms with Gasteiger partial charge in [0.2, 0.25) is 11.8 Å². The summed E-state index contributed by atoms with van der Waals surface area (Å²) in [7, 11) is 0. The van der Waals surface area contributed by atoms with Gasteiger partial charge < -0.3 is 20.1 Å². The van der Waals surface area contributed by atoms with E-state index in [0.717, 1.165) is 66.6 Å². The van der Waals surface area contributed by atoms with Crippen molar-refractivity contribution in [1.82, 2.24) is 19.8 Å². The Morgan fingerprint density at radius 2 is 1.68 bits per heavy atom. The Morgan fingerprint density at radius 1 is 0.950 bits per heavy atom. The molecule has 3 heterocycles. The lowest BCUT2D eigenvalue weighted by atomic mass is 9.90. The Kier molecular flexibility index (Phi) is 8.33. The van der Waals surface area contributed by atoms with Gasteiger partial charge in [-0.15, -0.1) is 0 Å². The lowest BCUT2D eigenvalue weighted by Crippen LogP contribution is -2.49. The van der Waals surface area contributed by atoms with Gasteiger partial charge in [-0.05, 0) is 68.0 Å². The summed E-state index contributed by atoms with van der Waals surface area (Å²) in [4.78, 5) is 45.5. The molecule has 5 rings (SSSR count). The standard InChI is InChI=1S/C32H39N5O3/c1-21-14-16-33-22(2)29(21)24-10-12-26(13-11-24)34-32(40)30(25-8-6-4-5-7-9-25)35-31(39)27-15-17-36-18-19-37(23(3)38)20-28(27)36/h10-17,25,30H,4-9,18-20H2,1-3H3,(H,34,40)(H,35,39)/t30-/m0/s1. The fourth-order valence-corrected chi connectivity index (χ4v) is 6.19. The number of fused-ring (bicyclic) bond motifs is 1. The molecule has 0 saturated heterocycles. The highest BCUT2D eigenvalue weighted by molar-refractivity contribution is 6.02. The number of rotatable bonds is 6. The van der Waals surface area contributed by atoms with E-state index in [1.165, 1.54) is 0 Å². The molecular weight excluding hydrogens is 502 g/mol. The molecule has 0 radical (unpaired) electrons. The monoisotopic (exact) mass is 541 g/mol. The predicted octanol–water partition coefficient (Wildman–Crippen LogP) is 5.24. The van der Waals surface area contributed by atoms with Gasteiger partial charge in [0.25, 0.3) is 5.91 Å². The molecule has 2 aromatic heterocycles. The van der Waals surface area contributed by atoms with Gasteiger partial charge in [-0.25, -0.2) is 0 Å². The van der Waals surface area contributed by atoms with Crippen LogP contribution < -0.4 is 10.6 Å². The van der Waals surface area contributed by atoms with Crippen LogP contribution in [0, 0.1) is 19.8 Å². The summed E-state index contributed by atoms with van der Waals surface area (Å²) in [6, 6.07) is 11.0. The van der Waals surface area contributed by atoms with Crippen LogP contribution in [0.15, 0.2) is 48.8 Å². The Labute approximate surface area is 236 Å². The minimum atomic E-state index is -0.642. The number of aromatic nitrogens is 2. The smallest absolute Gasteiger partial charge is 0.253 e. The van der Waals surface area contributed by atoms with Gasteiger partial charge in [0.1, 0.15) is 6.04 Å². The lowest BCUT2D eigenvalue weighted by molar-refractivity contribution is -0.130. The molecule has 8 heteroatoms. The first-order valence-electron chi connectivity index (χ1n) is 14.4. The van der Waals surface area contributed by atoms with E-state index in [4.69, 9.17) is 0 Å². The average molecular weight is 542 g/mol. The summed E-state index contributed by atoms with van der Waals surface area (Å²) in [5.41, 5.74) is 6.31. The maximum absolute atomic E-state index is 13.7. The van der Waals surface area contributed by atoms with E-state index < -0.39 is 6.04 Å². The number of nitrogens with zero attached hydrogens (tertiary/aromatic N) is 3. The second kappa shape index (κ2) is 12.1. The topological polar surface area (TPSA) is 96.3 Å². The molecule has 1 aliphatic heterocycles. The van der Waals surface area contributed by atoms with Gasteiger partial charge >= 0.3 is 0 Å². The zero-order valence-corrected chi connectivity index (χ0v) is 23.7. The van der Waals surface area contributed by atoms with Crippen molar-refractivity contribution in [2.24, 2.45) is 5.92 Å². The van der Waals surface area contributed by atoms with Crippen molar-refractivity contribution in [3.63, 3.8) is 0 Å². The van der Waals surface area contributed by atoms with E-state index in [-0.39, 0.29) is 23.6 Å². The van der Waals surface area contributed by atoms with E-state index in [9.17, 15) is 14.4 Å². The van der Waals surface area contributed by atoms with Crippen LogP contribution in [0.3, 0.4) is 0 Å². The van der Waals surface area contributed by atoms with Gasteiger partial charge in [0, 0.05) is 49.4 Å². The van der Waals surface area contributed by atoms with Crippen molar-refractivity contribution >= 4 is 23.4 Å². The average Bonchev–Trinajstić information content (AvgIpc) is 3.18. The quantitative estimate of drug-likeness (QED) is 0.418. The third-order valence-electron chi connectivity index (χ3n) is 8.45. The van der Waals surface area contributed by atoms with Gasteiger partial charge in [-0.1, -0.05) is 37.8 Å². The predicted molar refractivity (Wildman–Crippen MR) is 156 cm³/mol. The number of carbonyl (C=O) groups excluding carboxylic acids is 3. The minimum absolute atomic E-state index is 0.00520. The maximum atomic E-state index is 13.7. The van der Waals surface area contributed by atoms with Crippen molar-refractivity contribution in [3.8, 4) is 11.1 Å². The first-order valence-corrected chi connectivity index (χ1v) is 14.4. The zero-order chi connectivity index (χ0) is 28.2. The van der Waals surface area contributed by atoms with Gasteiger partial charge in [-0.3, -0.25) is 19.4 Å². The van der Waals surface area contributed by atoms with Crippen molar-refractivity contribution in [3.05, 3.63) is 71.3 Å². The summed E-state index contributed by atoms with van der Waals surface area (Å²) < 4.78 is 2.03. The number of hydrogen-bond donors (Lipinski definition) is 2. The Morgan fingerprint density at radius 3 is 2.35 bits per heavy atom. The van der Waals surface area contributed by atoms with Crippen molar-refractivity contribution in [2.75, 3.05) is 11.9 Å². The second-order valence-corrected chi connectivity index (χ2v) is 11.2. The molecule has 0 unspecified atom stereocenters. The van der Waals surface area contributed by atoms with E-state index >= 15 is 0 Å². The number of carbonyl (C=O) groups is 3. The fourth-order valence-electron chi connectivity index (χ4n) is 6.19. The summed E-state index contributed by atoms with van der Waals surface area (Å²) in [6.07, 6.45) is 9.94. The van der Waals surface area contributed by atoms with Gasteiger partial charge in [0.05, 0.1) is 17.8 Å².